The first-order valence-corrected chi connectivity index (χ1v) is 4.91. The summed E-state index contributed by atoms with van der Waals surface area (Å²) in [6.07, 6.45) is 6.74. The molecule has 2 rings (SSSR count). The van der Waals surface area contributed by atoms with Gasteiger partial charge < -0.3 is 10.2 Å². The van der Waals surface area contributed by atoms with E-state index in [0.29, 0.717) is 18.9 Å². The minimum absolute atomic E-state index is 0.562. The van der Waals surface area contributed by atoms with Crippen molar-refractivity contribution in [1.82, 2.24) is 9.97 Å². The molecule has 2 aromatic heterocycles. The van der Waals surface area contributed by atoms with Gasteiger partial charge in [-0.15, -0.1) is 0 Å². The van der Waals surface area contributed by atoms with Gasteiger partial charge in [-0.1, -0.05) is 6.07 Å². The highest BCUT2D eigenvalue weighted by molar-refractivity contribution is 5.15. The molecule has 0 spiro atoms. The van der Waals surface area contributed by atoms with Gasteiger partial charge in [0.25, 0.3) is 0 Å². The molecule has 0 fully saturated rings. The minimum Gasteiger partial charge on any atom is -0.445 e. The van der Waals surface area contributed by atoms with Crippen LogP contribution in [0.15, 0.2) is 35.1 Å². The molecule has 2 aromatic rings. The van der Waals surface area contributed by atoms with E-state index in [1.165, 1.54) is 0 Å². The molecule has 4 heteroatoms. The van der Waals surface area contributed by atoms with E-state index in [1.54, 1.807) is 12.4 Å². The van der Waals surface area contributed by atoms with Crippen LogP contribution >= 0.6 is 0 Å². The number of hydrogen-bond donors (Lipinski definition) is 1. The molecule has 0 bridgehead atoms. The fraction of sp³-hybridized carbons (Fsp3) is 0.273. The molecule has 2 heterocycles. The number of aromatic nitrogens is 2. The molecule has 2 N–H and O–H groups in total. The summed E-state index contributed by atoms with van der Waals surface area (Å²) in [5, 5.41) is 0. The molecule has 0 saturated carbocycles. The van der Waals surface area contributed by atoms with Crippen molar-refractivity contribution in [3.8, 4) is 0 Å². The van der Waals surface area contributed by atoms with Crippen molar-refractivity contribution in [2.24, 2.45) is 5.73 Å². The van der Waals surface area contributed by atoms with Crippen LogP contribution in [-0.4, -0.2) is 16.5 Å². The van der Waals surface area contributed by atoms with Crippen molar-refractivity contribution in [2.45, 2.75) is 12.8 Å². The van der Waals surface area contributed by atoms with Crippen LogP contribution in [0.2, 0.25) is 0 Å². The van der Waals surface area contributed by atoms with E-state index in [0.717, 1.165) is 17.7 Å². The van der Waals surface area contributed by atoms with E-state index in [2.05, 4.69) is 9.97 Å². The van der Waals surface area contributed by atoms with Crippen LogP contribution in [0, 0.1) is 0 Å². The first kappa shape index (κ1) is 9.86. The van der Waals surface area contributed by atoms with Crippen molar-refractivity contribution < 1.29 is 4.42 Å². The van der Waals surface area contributed by atoms with Crippen molar-refractivity contribution in [3.63, 3.8) is 0 Å². The average molecular weight is 203 g/mol. The molecule has 0 amide bonds. The van der Waals surface area contributed by atoms with Gasteiger partial charge in [0, 0.05) is 31.8 Å². The maximum Gasteiger partial charge on any atom is 0.195 e. The van der Waals surface area contributed by atoms with Gasteiger partial charge in [-0.05, 0) is 11.6 Å². The topological polar surface area (TPSA) is 64.9 Å². The molecule has 0 aliphatic rings. The Morgan fingerprint density at radius 3 is 3.00 bits per heavy atom. The molecule has 0 unspecified atom stereocenters. The Morgan fingerprint density at radius 2 is 2.27 bits per heavy atom. The first-order valence-electron chi connectivity index (χ1n) is 4.91. The lowest BCUT2D eigenvalue weighted by Crippen LogP contribution is -2.02. The summed E-state index contributed by atoms with van der Waals surface area (Å²) >= 11 is 0. The third-order valence-electron chi connectivity index (χ3n) is 2.06. The molecule has 0 atom stereocenters. The lowest BCUT2D eigenvalue weighted by atomic mass is 10.2. The van der Waals surface area contributed by atoms with Crippen LogP contribution < -0.4 is 5.73 Å². The zero-order chi connectivity index (χ0) is 10.5. The summed E-state index contributed by atoms with van der Waals surface area (Å²) < 4.78 is 5.51. The van der Waals surface area contributed by atoms with Gasteiger partial charge in [-0.3, -0.25) is 4.98 Å². The van der Waals surface area contributed by atoms with Gasteiger partial charge in [-0.25, -0.2) is 4.98 Å². The predicted octanol–water partition coefficient (Wildman–Crippen LogP) is 1.16. The number of rotatable bonds is 4. The molecule has 15 heavy (non-hydrogen) atoms. The smallest absolute Gasteiger partial charge is 0.195 e. The number of oxazole rings is 1. The van der Waals surface area contributed by atoms with E-state index in [1.807, 2.05) is 18.3 Å². The summed E-state index contributed by atoms with van der Waals surface area (Å²) in [6, 6.07) is 3.92. The number of nitrogens with zero attached hydrogens (tertiary/aromatic N) is 2. The minimum atomic E-state index is 0.562. The Labute approximate surface area is 88.2 Å². The summed E-state index contributed by atoms with van der Waals surface area (Å²) in [4.78, 5) is 8.18. The Balaban J connectivity index is 2.05. The van der Waals surface area contributed by atoms with Crippen molar-refractivity contribution >= 4 is 0 Å². The molecule has 0 aromatic carbocycles. The van der Waals surface area contributed by atoms with E-state index in [-0.39, 0.29) is 0 Å². The normalized spacial score (nSPS) is 10.5. The van der Waals surface area contributed by atoms with E-state index in [4.69, 9.17) is 10.2 Å². The highest BCUT2D eigenvalue weighted by Gasteiger charge is 2.03. The molecule has 0 aliphatic carbocycles. The number of pyridine rings is 1. The fourth-order valence-electron chi connectivity index (χ4n) is 1.37. The number of nitrogens with two attached hydrogens (primary N) is 1. The van der Waals surface area contributed by atoms with Gasteiger partial charge in [0.2, 0.25) is 0 Å². The monoisotopic (exact) mass is 203 g/mol. The van der Waals surface area contributed by atoms with Crippen LogP contribution in [0.25, 0.3) is 0 Å². The Hall–Kier alpha value is -1.68. The van der Waals surface area contributed by atoms with Crippen LogP contribution in [0.4, 0.5) is 0 Å². The predicted molar refractivity (Wildman–Crippen MR) is 56.3 cm³/mol. The Morgan fingerprint density at radius 1 is 1.33 bits per heavy atom. The molecule has 0 aliphatic heterocycles. The van der Waals surface area contributed by atoms with Gasteiger partial charge in [0.15, 0.2) is 5.89 Å². The average Bonchev–Trinajstić information content (AvgIpc) is 2.68. The van der Waals surface area contributed by atoms with E-state index >= 15 is 0 Å². The van der Waals surface area contributed by atoms with Gasteiger partial charge in [0.1, 0.15) is 5.76 Å². The van der Waals surface area contributed by atoms with Crippen LogP contribution in [0.5, 0.6) is 0 Å². The fourth-order valence-corrected chi connectivity index (χ4v) is 1.37. The zero-order valence-electron chi connectivity index (χ0n) is 8.39. The SMILES string of the molecule is NCCc1ncc(Cc2cccnc2)o1. The summed E-state index contributed by atoms with van der Waals surface area (Å²) in [7, 11) is 0. The second kappa shape index (κ2) is 4.70. The van der Waals surface area contributed by atoms with Gasteiger partial charge in [0.05, 0.1) is 6.20 Å². The second-order valence-electron chi connectivity index (χ2n) is 3.30. The van der Waals surface area contributed by atoms with Crippen LogP contribution in [0.3, 0.4) is 0 Å². The third-order valence-corrected chi connectivity index (χ3v) is 2.06. The lowest BCUT2D eigenvalue weighted by Gasteiger charge is -1.95. The molecule has 0 saturated heterocycles. The first-order chi connectivity index (χ1) is 7.38. The maximum absolute atomic E-state index is 5.51. The number of hydrogen-bond acceptors (Lipinski definition) is 4. The summed E-state index contributed by atoms with van der Waals surface area (Å²) in [5.41, 5.74) is 6.53. The molecule has 78 valence electrons. The lowest BCUT2D eigenvalue weighted by molar-refractivity contribution is 0.463. The highest BCUT2D eigenvalue weighted by atomic mass is 16.4. The molecule has 0 radical (unpaired) electrons. The standard InChI is InChI=1S/C11H13N3O/c12-4-3-11-14-8-10(15-11)6-9-2-1-5-13-7-9/h1-2,5,7-8H,3-4,6,12H2. The quantitative estimate of drug-likeness (QED) is 0.809. The molecular weight excluding hydrogens is 190 g/mol. The highest BCUT2D eigenvalue weighted by Crippen LogP contribution is 2.09. The largest absolute Gasteiger partial charge is 0.445 e. The van der Waals surface area contributed by atoms with Crippen molar-refractivity contribution in [1.29, 1.82) is 0 Å². The molecule has 4 nitrogen and oxygen atoms in total. The maximum atomic E-state index is 5.51. The van der Waals surface area contributed by atoms with E-state index < -0.39 is 0 Å². The summed E-state index contributed by atoms with van der Waals surface area (Å²) in [5.74, 6) is 1.56. The Bertz CT molecular complexity index is 411. The van der Waals surface area contributed by atoms with Gasteiger partial charge in [-0.2, -0.15) is 0 Å². The zero-order valence-corrected chi connectivity index (χ0v) is 8.39. The van der Waals surface area contributed by atoms with Crippen LogP contribution in [0.1, 0.15) is 17.2 Å². The van der Waals surface area contributed by atoms with Crippen molar-refractivity contribution in [2.75, 3.05) is 6.54 Å². The van der Waals surface area contributed by atoms with Crippen molar-refractivity contribution in [3.05, 3.63) is 47.9 Å². The Kier molecular flexibility index (Phi) is 3.09. The van der Waals surface area contributed by atoms with Gasteiger partial charge >= 0.3 is 0 Å². The van der Waals surface area contributed by atoms with Crippen LogP contribution in [-0.2, 0) is 12.8 Å². The van der Waals surface area contributed by atoms with E-state index in [9.17, 15) is 0 Å². The molecular formula is C11H13N3O. The second-order valence-corrected chi connectivity index (χ2v) is 3.30. The third kappa shape index (κ3) is 2.63. The summed E-state index contributed by atoms with van der Waals surface area (Å²) in [6.45, 7) is 0.562.